The summed E-state index contributed by atoms with van der Waals surface area (Å²) in [7, 11) is 0. The molecular weight excluding hydrogens is 228 g/mol. The summed E-state index contributed by atoms with van der Waals surface area (Å²) in [6, 6.07) is 6.01. The van der Waals surface area contributed by atoms with Crippen molar-refractivity contribution in [3.63, 3.8) is 0 Å². The van der Waals surface area contributed by atoms with Gasteiger partial charge >= 0.3 is 0 Å². The molecule has 3 atom stereocenters. The van der Waals surface area contributed by atoms with Crippen LogP contribution in [-0.4, -0.2) is 23.9 Å². The number of benzene rings is 1. The second-order valence-electron chi connectivity index (χ2n) is 5.33. The number of aliphatic hydroxyl groups excluding tert-OH is 1. The predicted octanol–water partition coefficient (Wildman–Crippen LogP) is 2.61. The highest BCUT2D eigenvalue weighted by molar-refractivity contribution is 5.39. The third-order valence-electron chi connectivity index (χ3n) is 3.89. The molecule has 2 aliphatic heterocycles. The van der Waals surface area contributed by atoms with Crippen molar-refractivity contribution in [2.75, 3.05) is 6.61 Å². The lowest BCUT2D eigenvalue weighted by atomic mass is 9.97. The minimum Gasteiger partial charge on any atom is -0.493 e. The molecule has 3 unspecified atom stereocenters. The highest BCUT2D eigenvalue weighted by Gasteiger charge is 2.29. The Morgan fingerprint density at radius 3 is 3.00 bits per heavy atom. The van der Waals surface area contributed by atoms with Gasteiger partial charge in [0.1, 0.15) is 11.9 Å². The Hall–Kier alpha value is -1.06. The second kappa shape index (κ2) is 4.90. The van der Waals surface area contributed by atoms with Gasteiger partial charge in [-0.25, -0.2) is 0 Å². The molecule has 3 nitrogen and oxygen atoms in total. The molecule has 98 valence electrons. The minimum absolute atomic E-state index is 0.0532. The number of aryl methyl sites for hydroxylation is 1. The average Bonchev–Trinajstić information content (AvgIpc) is 2.84. The van der Waals surface area contributed by atoms with Crippen LogP contribution in [0.3, 0.4) is 0 Å². The van der Waals surface area contributed by atoms with Gasteiger partial charge in [0.05, 0.1) is 18.8 Å². The van der Waals surface area contributed by atoms with Gasteiger partial charge in [-0.3, -0.25) is 0 Å². The van der Waals surface area contributed by atoms with Gasteiger partial charge in [-0.05, 0) is 55.9 Å². The van der Waals surface area contributed by atoms with E-state index in [0.717, 1.165) is 43.6 Å². The Bertz CT molecular complexity index is 430. The maximum absolute atomic E-state index is 10.4. The van der Waals surface area contributed by atoms with Crippen LogP contribution in [0.25, 0.3) is 0 Å². The van der Waals surface area contributed by atoms with Crippen molar-refractivity contribution in [2.45, 2.75) is 50.9 Å². The third kappa shape index (κ3) is 2.25. The van der Waals surface area contributed by atoms with Gasteiger partial charge in [-0.15, -0.1) is 0 Å². The van der Waals surface area contributed by atoms with Gasteiger partial charge in [-0.1, -0.05) is 6.07 Å². The largest absolute Gasteiger partial charge is 0.493 e. The van der Waals surface area contributed by atoms with E-state index in [-0.39, 0.29) is 12.2 Å². The molecule has 0 bridgehead atoms. The van der Waals surface area contributed by atoms with E-state index in [4.69, 9.17) is 9.47 Å². The van der Waals surface area contributed by atoms with Gasteiger partial charge < -0.3 is 14.6 Å². The monoisotopic (exact) mass is 248 g/mol. The summed E-state index contributed by atoms with van der Waals surface area (Å²) in [5.41, 5.74) is 2.17. The number of aliphatic hydroxyl groups is 1. The van der Waals surface area contributed by atoms with E-state index in [9.17, 15) is 5.11 Å². The van der Waals surface area contributed by atoms with Crippen molar-refractivity contribution in [3.8, 4) is 5.75 Å². The molecule has 0 aliphatic carbocycles. The molecule has 2 heterocycles. The summed E-state index contributed by atoms with van der Waals surface area (Å²) in [4.78, 5) is 0. The first-order chi connectivity index (χ1) is 8.74. The first-order valence-electron chi connectivity index (χ1n) is 6.83. The lowest BCUT2D eigenvalue weighted by Gasteiger charge is -2.22. The number of hydrogen-bond donors (Lipinski definition) is 1. The Labute approximate surface area is 108 Å². The minimum atomic E-state index is -0.512. The standard InChI is InChI=1S/C15H20O3/c1-10-4-6-14(18-10)15(16)12-5-7-13-11(9-12)3-2-8-17-13/h5,7,9-10,14-16H,2-4,6,8H2,1H3. The number of rotatable bonds is 2. The maximum Gasteiger partial charge on any atom is 0.122 e. The molecule has 3 rings (SSSR count). The lowest BCUT2D eigenvalue weighted by Crippen LogP contribution is -2.19. The van der Waals surface area contributed by atoms with Crippen molar-refractivity contribution in [3.05, 3.63) is 29.3 Å². The summed E-state index contributed by atoms with van der Waals surface area (Å²) in [5.74, 6) is 0.970. The van der Waals surface area contributed by atoms with Gasteiger partial charge in [-0.2, -0.15) is 0 Å². The molecule has 1 fully saturated rings. The molecule has 2 aliphatic rings. The number of ether oxygens (including phenoxy) is 2. The molecule has 0 amide bonds. The second-order valence-corrected chi connectivity index (χ2v) is 5.33. The van der Waals surface area contributed by atoms with Crippen LogP contribution in [0, 0.1) is 0 Å². The molecule has 0 radical (unpaired) electrons. The molecule has 1 saturated heterocycles. The van der Waals surface area contributed by atoms with E-state index in [1.54, 1.807) is 0 Å². The van der Waals surface area contributed by atoms with Gasteiger partial charge in [0, 0.05) is 0 Å². The number of hydrogen-bond acceptors (Lipinski definition) is 3. The summed E-state index contributed by atoms with van der Waals surface area (Å²) in [5, 5.41) is 10.4. The van der Waals surface area contributed by atoms with Crippen LogP contribution in [0.2, 0.25) is 0 Å². The fourth-order valence-electron chi connectivity index (χ4n) is 2.84. The maximum atomic E-state index is 10.4. The molecule has 1 aromatic rings. The number of fused-ring (bicyclic) bond motifs is 1. The van der Waals surface area contributed by atoms with Crippen LogP contribution in [0.4, 0.5) is 0 Å². The molecule has 3 heteroatoms. The molecule has 0 spiro atoms. The van der Waals surface area contributed by atoms with Crippen LogP contribution in [0.15, 0.2) is 18.2 Å². The zero-order chi connectivity index (χ0) is 12.5. The fraction of sp³-hybridized carbons (Fsp3) is 0.600. The quantitative estimate of drug-likeness (QED) is 0.874. The molecule has 0 aromatic heterocycles. The Kier molecular flexibility index (Phi) is 3.27. The Morgan fingerprint density at radius 2 is 2.22 bits per heavy atom. The molecular formula is C15H20O3. The summed E-state index contributed by atoms with van der Waals surface area (Å²) in [6.07, 6.45) is 3.78. The highest BCUT2D eigenvalue weighted by atomic mass is 16.5. The van der Waals surface area contributed by atoms with E-state index < -0.39 is 6.10 Å². The first kappa shape index (κ1) is 12.0. The van der Waals surface area contributed by atoms with Gasteiger partial charge in [0.25, 0.3) is 0 Å². The smallest absolute Gasteiger partial charge is 0.122 e. The van der Waals surface area contributed by atoms with Crippen LogP contribution in [0.5, 0.6) is 5.75 Å². The normalized spacial score (nSPS) is 28.6. The van der Waals surface area contributed by atoms with Crippen LogP contribution < -0.4 is 4.74 Å². The van der Waals surface area contributed by atoms with Crippen LogP contribution in [0.1, 0.15) is 43.4 Å². The summed E-state index contributed by atoms with van der Waals surface area (Å²) in [6.45, 7) is 2.87. The Morgan fingerprint density at radius 1 is 1.33 bits per heavy atom. The van der Waals surface area contributed by atoms with Crippen molar-refractivity contribution in [2.24, 2.45) is 0 Å². The van der Waals surface area contributed by atoms with Crippen molar-refractivity contribution in [1.82, 2.24) is 0 Å². The van der Waals surface area contributed by atoms with E-state index in [2.05, 4.69) is 13.0 Å². The Balaban J connectivity index is 1.79. The summed E-state index contributed by atoms with van der Waals surface area (Å²) < 4.78 is 11.3. The van der Waals surface area contributed by atoms with E-state index in [0.29, 0.717) is 0 Å². The van der Waals surface area contributed by atoms with Crippen molar-refractivity contribution >= 4 is 0 Å². The topological polar surface area (TPSA) is 38.7 Å². The van der Waals surface area contributed by atoms with Crippen molar-refractivity contribution < 1.29 is 14.6 Å². The van der Waals surface area contributed by atoms with Crippen LogP contribution >= 0.6 is 0 Å². The SMILES string of the molecule is CC1CCC(C(O)c2ccc3c(c2)CCCO3)O1. The zero-order valence-electron chi connectivity index (χ0n) is 10.8. The molecule has 1 aromatic carbocycles. The highest BCUT2D eigenvalue weighted by Crippen LogP contribution is 2.33. The van der Waals surface area contributed by atoms with Gasteiger partial charge in [0.15, 0.2) is 0 Å². The summed E-state index contributed by atoms with van der Waals surface area (Å²) >= 11 is 0. The van der Waals surface area contributed by atoms with E-state index in [1.807, 2.05) is 12.1 Å². The lowest BCUT2D eigenvalue weighted by molar-refractivity contribution is -0.0298. The van der Waals surface area contributed by atoms with Gasteiger partial charge in [0.2, 0.25) is 0 Å². The molecule has 18 heavy (non-hydrogen) atoms. The van der Waals surface area contributed by atoms with E-state index in [1.165, 1.54) is 5.56 Å². The molecule has 1 N–H and O–H groups in total. The fourth-order valence-corrected chi connectivity index (χ4v) is 2.84. The average molecular weight is 248 g/mol. The molecule has 0 saturated carbocycles. The van der Waals surface area contributed by atoms with Crippen LogP contribution in [-0.2, 0) is 11.2 Å². The predicted molar refractivity (Wildman–Crippen MR) is 68.8 cm³/mol. The zero-order valence-corrected chi connectivity index (χ0v) is 10.8. The third-order valence-corrected chi connectivity index (χ3v) is 3.89. The van der Waals surface area contributed by atoms with Crippen molar-refractivity contribution in [1.29, 1.82) is 0 Å². The first-order valence-corrected chi connectivity index (χ1v) is 6.83. The van der Waals surface area contributed by atoms with E-state index >= 15 is 0 Å².